The largest absolute Gasteiger partial charge is 0.283 e. The lowest BCUT2D eigenvalue weighted by atomic mass is 9.96. The number of benzene rings is 2. The van der Waals surface area contributed by atoms with Crippen molar-refractivity contribution in [1.29, 1.82) is 0 Å². The van der Waals surface area contributed by atoms with Gasteiger partial charge in [-0.2, -0.15) is 4.31 Å². The van der Waals surface area contributed by atoms with Gasteiger partial charge in [0.05, 0.1) is 16.1 Å². The molecule has 1 amide bonds. The van der Waals surface area contributed by atoms with Gasteiger partial charge in [0, 0.05) is 37.5 Å². The predicted octanol–water partition coefficient (Wildman–Crippen LogP) is 4.74. The number of carbonyl (C=O) groups is 1. The molecule has 192 valence electrons. The summed E-state index contributed by atoms with van der Waals surface area (Å²) in [6, 6.07) is 10.0. The van der Waals surface area contributed by atoms with Crippen LogP contribution in [0.5, 0.6) is 0 Å². The van der Waals surface area contributed by atoms with E-state index in [1.54, 1.807) is 24.5 Å². The lowest BCUT2D eigenvalue weighted by Gasteiger charge is -2.33. The molecule has 0 atom stereocenters. The number of hydrogen-bond donors (Lipinski definition) is 0. The van der Waals surface area contributed by atoms with E-state index in [0.717, 1.165) is 35.1 Å². The molecule has 2 aromatic heterocycles. The Balaban J connectivity index is 1.39. The molecular formula is C25H21F3N4O3S2. The first-order valence-electron chi connectivity index (χ1n) is 11.4. The summed E-state index contributed by atoms with van der Waals surface area (Å²) in [5.41, 5.74) is 0.698. The Hall–Kier alpha value is -3.35. The van der Waals surface area contributed by atoms with Crippen LogP contribution in [0.3, 0.4) is 0 Å². The van der Waals surface area contributed by atoms with Crippen molar-refractivity contribution in [2.75, 3.05) is 18.0 Å². The number of pyridine rings is 1. The average molecular weight is 547 g/mol. The van der Waals surface area contributed by atoms with Gasteiger partial charge < -0.3 is 0 Å². The second-order valence-corrected chi connectivity index (χ2v) is 11.6. The summed E-state index contributed by atoms with van der Waals surface area (Å²) in [6.45, 7) is 0.331. The van der Waals surface area contributed by atoms with Crippen LogP contribution in [0, 0.1) is 23.4 Å². The average Bonchev–Trinajstić information content (AvgIpc) is 3.32. The number of piperidine rings is 1. The van der Waals surface area contributed by atoms with Gasteiger partial charge >= 0.3 is 0 Å². The molecule has 0 aliphatic carbocycles. The molecule has 1 aliphatic rings. The highest BCUT2D eigenvalue weighted by Gasteiger charge is 2.35. The Morgan fingerprint density at radius 1 is 1.05 bits per heavy atom. The molecule has 12 heteroatoms. The second kappa shape index (κ2) is 10.2. The lowest BCUT2D eigenvalue weighted by molar-refractivity contribution is -0.123. The SMILES string of the molecule is O=C(C1CCN(S(=O)(=O)c2ccc(F)cc2)CC1)N(Cc1cccnc1)c1nc2c(F)cc(F)cc2s1. The summed E-state index contributed by atoms with van der Waals surface area (Å²) in [5.74, 6) is -2.88. The van der Waals surface area contributed by atoms with Crippen LogP contribution in [0.2, 0.25) is 0 Å². The van der Waals surface area contributed by atoms with Gasteiger partial charge in [0.2, 0.25) is 15.9 Å². The molecule has 3 heterocycles. The molecule has 37 heavy (non-hydrogen) atoms. The van der Waals surface area contributed by atoms with E-state index >= 15 is 0 Å². The molecule has 1 saturated heterocycles. The number of thiazole rings is 1. The van der Waals surface area contributed by atoms with Gasteiger partial charge in [-0.15, -0.1) is 0 Å². The Morgan fingerprint density at radius 2 is 1.78 bits per heavy atom. The van der Waals surface area contributed by atoms with Crippen LogP contribution in [0.15, 0.2) is 65.8 Å². The van der Waals surface area contributed by atoms with Crippen LogP contribution in [0.1, 0.15) is 18.4 Å². The Bertz CT molecular complexity index is 1540. The minimum absolute atomic E-state index is 0.0133. The van der Waals surface area contributed by atoms with Crippen molar-refractivity contribution in [3.63, 3.8) is 0 Å². The van der Waals surface area contributed by atoms with Crippen molar-refractivity contribution >= 4 is 42.6 Å². The first-order chi connectivity index (χ1) is 17.7. The summed E-state index contributed by atoms with van der Waals surface area (Å²) < 4.78 is 68.8. The number of nitrogens with zero attached hydrogens (tertiary/aromatic N) is 4. The lowest BCUT2D eigenvalue weighted by Crippen LogP contribution is -2.44. The number of carbonyl (C=O) groups excluding carboxylic acids is 1. The van der Waals surface area contributed by atoms with Gasteiger partial charge in [-0.1, -0.05) is 17.4 Å². The van der Waals surface area contributed by atoms with Gasteiger partial charge in [0.15, 0.2) is 10.9 Å². The van der Waals surface area contributed by atoms with Crippen LogP contribution >= 0.6 is 11.3 Å². The number of fused-ring (bicyclic) bond motifs is 1. The summed E-state index contributed by atoms with van der Waals surface area (Å²) in [5, 5.41) is 0.217. The normalized spacial score (nSPS) is 15.2. The third kappa shape index (κ3) is 5.22. The van der Waals surface area contributed by atoms with E-state index < -0.39 is 33.4 Å². The van der Waals surface area contributed by atoms with Gasteiger partial charge in [0.1, 0.15) is 17.2 Å². The highest BCUT2D eigenvalue weighted by molar-refractivity contribution is 7.89. The number of halogens is 3. The number of anilines is 1. The van der Waals surface area contributed by atoms with Crippen molar-refractivity contribution in [3.8, 4) is 0 Å². The van der Waals surface area contributed by atoms with E-state index in [0.29, 0.717) is 0 Å². The molecule has 0 radical (unpaired) electrons. The van der Waals surface area contributed by atoms with E-state index in [2.05, 4.69) is 9.97 Å². The zero-order valence-electron chi connectivity index (χ0n) is 19.4. The molecule has 4 aromatic rings. The first kappa shape index (κ1) is 25.3. The summed E-state index contributed by atoms with van der Waals surface area (Å²) >= 11 is 1.01. The second-order valence-electron chi connectivity index (χ2n) is 8.65. The molecule has 0 spiro atoms. The molecule has 0 N–H and O–H groups in total. The maximum absolute atomic E-state index is 14.3. The maximum atomic E-state index is 14.3. The van der Waals surface area contributed by atoms with Crippen molar-refractivity contribution in [2.24, 2.45) is 5.92 Å². The van der Waals surface area contributed by atoms with Gasteiger partial charge in [-0.05, 0) is 54.8 Å². The van der Waals surface area contributed by atoms with Crippen LogP contribution in [0.4, 0.5) is 18.3 Å². The number of aromatic nitrogens is 2. The van der Waals surface area contributed by atoms with Crippen molar-refractivity contribution < 1.29 is 26.4 Å². The topological polar surface area (TPSA) is 83.5 Å². The highest BCUT2D eigenvalue weighted by Crippen LogP contribution is 2.34. The number of sulfonamides is 1. The molecular weight excluding hydrogens is 525 g/mol. The number of rotatable bonds is 6. The monoisotopic (exact) mass is 546 g/mol. The molecule has 1 fully saturated rings. The molecule has 7 nitrogen and oxygen atoms in total. The van der Waals surface area contributed by atoms with Gasteiger partial charge in [-0.25, -0.2) is 26.6 Å². The molecule has 0 unspecified atom stereocenters. The van der Waals surface area contributed by atoms with E-state index in [9.17, 15) is 26.4 Å². The molecule has 2 aromatic carbocycles. The number of amides is 1. The van der Waals surface area contributed by atoms with Crippen LogP contribution in [0.25, 0.3) is 10.2 Å². The summed E-state index contributed by atoms with van der Waals surface area (Å²) in [7, 11) is -3.83. The smallest absolute Gasteiger partial charge is 0.243 e. The predicted molar refractivity (Wildman–Crippen MR) is 133 cm³/mol. The number of hydrogen-bond acceptors (Lipinski definition) is 6. The van der Waals surface area contributed by atoms with Crippen molar-refractivity contribution in [3.05, 3.63) is 83.9 Å². The van der Waals surface area contributed by atoms with E-state index in [1.165, 1.54) is 27.4 Å². The maximum Gasteiger partial charge on any atom is 0.243 e. The zero-order chi connectivity index (χ0) is 26.2. The molecule has 1 aliphatic heterocycles. The Kier molecular flexibility index (Phi) is 6.97. The highest BCUT2D eigenvalue weighted by atomic mass is 32.2. The van der Waals surface area contributed by atoms with E-state index in [1.807, 2.05) is 0 Å². The molecule has 0 bridgehead atoms. The van der Waals surface area contributed by atoms with E-state index in [4.69, 9.17) is 0 Å². The van der Waals surface area contributed by atoms with Crippen LogP contribution in [-0.2, 0) is 21.4 Å². The van der Waals surface area contributed by atoms with Gasteiger partial charge in [-0.3, -0.25) is 14.7 Å². The quantitative estimate of drug-likeness (QED) is 0.349. The summed E-state index contributed by atoms with van der Waals surface area (Å²) in [4.78, 5) is 23.5. The fourth-order valence-corrected chi connectivity index (χ4v) is 6.77. The van der Waals surface area contributed by atoms with Crippen LogP contribution in [-0.4, -0.2) is 41.7 Å². The Labute approximate surface area is 215 Å². The van der Waals surface area contributed by atoms with Crippen molar-refractivity contribution in [2.45, 2.75) is 24.3 Å². The van der Waals surface area contributed by atoms with Crippen LogP contribution < -0.4 is 4.90 Å². The fraction of sp³-hybridized carbons (Fsp3) is 0.240. The molecule has 5 rings (SSSR count). The van der Waals surface area contributed by atoms with Crippen molar-refractivity contribution in [1.82, 2.24) is 14.3 Å². The minimum atomic E-state index is -3.83. The Morgan fingerprint density at radius 3 is 2.46 bits per heavy atom. The minimum Gasteiger partial charge on any atom is -0.283 e. The van der Waals surface area contributed by atoms with Gasteiger partial charge in [0.25, 0.3) is 0 Å². The third-order valence-electron chi connectivity index (χ3n) is 6.22. The third-order valence-corrected chi connectivity index (χ3v) is 9.16. The standard InChI is InChI=1S/C25H21F3N4O3S2/c26-18-3-5-20(6-4-18)37(34,35)31-10-7-17(8-11-31)24(33)32(15-16-2-1-9-29-14-16)25-30-23-21(28)12-19(27)13-22(23)36-25/h1-6,9,12-14,17H,7-8,10-11,15H2. The summed E-state index contributed by atoms with van der Waals surface area (Å²) in [6.07, 6.45) is 3.72. The zero-order valence-corrected chi connectivity index (χ0v) is 21.0. The first-order valence-corrected chi connectivity index (χ1v) is 13.7. The fourth-order valence-electron chi connectivity index (χ4n) is 4.29. The van der Waals surface area contributed by atoms with E-state index in [-0.39, 0.29) is 58.6 Å². The molecule has 0 saturated carbocycles.